The van der Waals surface area contributed by atoms with Gasteiger partial charge in [0.05, 0.1) is 37.3 Å². The maximum absolute atomic E-state index is 12.5. The first-order valence-electron chi connectivity index (χ1n) is 14.6. The topological polar surface area (TPSA) is 98.5 Å². The lowest BCUT2D eigenvalue weighted by atomic mass is 9.90. The first-order chi connectivity index (χ1) is 21.9. The molecule has 6 rings (SSSR count). The summed E-state index contributed by atoms with van der Waals surface area (Å²) in [6.45, 7) is 2.89. The van der Waals surface area contributed by atoms with E-state index in [1.54, 1.807) is 35.4 Å². The molecule has 8 nitrogen and oxygen atoms in total. The monoisotopic (exact) mass is 642 g/mol. The number of benzene rings is 3. The molecule has 1 aliphatic heterocycles. The molecular weight excluding hydrogens is 611 g/mol. The summed E-state index contributed by atoms with van der Waals surface area (Å²) in [6.07, 6.45) is 3.58. The van der Waals surface area contributed by atoms with Crippen LogP contribution in [0.15, 0.2) is 104 Å². The third-order valence-corrected chi connectivity index (χ3v) is 8.80. The van der Waals surface area contributed by atoms with E-state index in [0.717, 1.165) is 33.4 Å². The van der Waals surface area contributed by atoms with Gasteiger partial charge in [-0.15, -0.1) is 0 Å². The molecule has 3 aromatic carbocycles. The molecule has 1 fully saturated rings. The van der Waals surface area contributed by atoms with Crippen LogP contribution in [0.3, 0.4) is 0 Å². The van der Waals surface area contributed by atoms with E-state index in [4.69, 9.17) is 32.7 Å². The van der Waals surface area contributed by atoms with Gasteiger partial charge in [0.15, 0.2) is 11.4 Å². The number of nitrogens with zero attached hydrogens (tertiary/aromatic N) is 3. The lowest BCUT2D eigenvalue weighted by molar-refractivity contribution is -0.276. The zero-order chi connectivity index (χ0) is 31.3. The van der Waals surface area contributed by atoms with Crippen molar-refractivity contribution in [2.24, 2.45) is 5.92 Å². The number of nitrogens with one attached hydrogen (secondary N) is 1. The molecule has 2 aromatic heterocycles. The van der Waals surface area contributed by atoms with Gasteiger partial charge in [0, 0.05) is 30.4 Å². The summed E-state index contributed by atoms with van der Waals surface area (Å²) in [5.41, 5.74) is 6.17. The number of halogens is 2. The van der Waals surface area contributed by atoms with Gasteiger partial charge in [-0.3, -0.25) is 9.78 Å². The van der Waals surface area contributed by atoms with Gasteiger partial charge in [-0.05, 0) is 52.1 Å². The summed E-state index contributed by atoms with van der Waals surface area (Å²) in [6, 6.07) is 27.4. The Labute approximate surface area is 271 Å². The minimum absolute atomic E-state index is 0.0273. The molecule has 0 unspecified atom stereocenters. The highest BCUT2D eigenvalue weighted by Crippen LogP contribution is 2.43. The highest BCUT2D eigenvalue weighted by atomic mass is 35.5. The molecule has 0 bridgehead atoms. The van der Waals surface area contributed by atoms with E-state index >= 15 is 0 Å². The SMILES string of the molecule is C[C@@H]1[C@H](Cn2cnc(Cl)c2Cl)O[C@H](c2cccc(-c3cccc(CNC(=O)c4cccnc4)c3)c2)O[C@@H]1c1ccc(CO)cc1. The maximum Gasteiger partial charge on any atom is 0.253 e. The molecule has 0 radical (unpaired) electrons. The van der Waals surface area contributed by atoms with Gasteiger partial charge >= 0.3 is 0 Å². The van der Waals surface area contributed by atoms with Crippen molar-refractivity contribution < 1.29 is 19.4 Å². The Hall–Kier alpha value is -4.05. The molecule has 5 aromatic rings. The third-order valence-electron chi connectivity index (χ3n) is 8.03. The Kier molecular flexibility index (Phi) is 9.59. The molecule has 0 saturated carbocycles. The molecule has 2 N–H and O–H groups in total. The van der Waals surface area contributed by atoms with Crippen molar-refractivity contribution in [1.82, 2.24) is 19.9 Å². The molecule has 230 valence electrons. The van der Waals surface area contributed by atoms with Crippen LogP contribution in [0, 0.1) is 5.92 Å². The van der Waals surface area contributed by atoms with Crippen molar-refractivity contribution in [2.75, 3.05) is 0 Å². The molecule has 45 heavy (non-hydrogen) atoms. The second-order valence-electron chi connectivity index (χ2n) is 11.1. The molecule has 4 atom stereocenters. The largest absolute Gasteiger partial charge is 0.392 e. The number of amides is 1. The number of aliphatic hydroxyl groups excluding tert-OH is 1. The molecule has 3 heterocycles. The molecule has 1 amide bonds. The van der Waals surface area contributed by atoms with Gasteiger partial charge in [0.2, 0.25) is 0 Å². The van der Waals surface area contributed by atoms with Gasteiger partial charge < -0.3 is 24.5 Å². The quantitative estimate of drug-likeness (QED) is 0.177. The van der Waals surface area contributed by atoms with Crippen LogP contribution in [0.5, 0.6) is 0 Å². The van der Waals surface area contributed by atoms with Crippen molar-refractivity contribution in [3.05, 3.63) is 142 Å². The highest BCUT2D eigenvalue weighted by Gasteiger charge is 2.39. The molecular formula is C35H32Cl2N4O4. The summed E-state index contributed by atoms with van der Waals surface area (Å²) in [4.78, 5) is 20.7. The van der Waals surface area contributed by atoms with Crippen molar-refractivity contribution >= 4 is 29.1 Å². The highest BCUT2D eigenvalue weighted by molar-refractivity contribution is 6.40. The van der Waals surface area contributed by atoms with Gasteiger partial charge in [0.25, 0.3) is 5.91 Å². The number of aromatic nitrogens is 3. The van der Waals surface area contributed by atoms with Crippen molar-refractivity contribution in [3.63, 3.8) is 0 Å². The number of pyridine rings is 1. The number of imidazole rings is 1. The standard InChI is InChI=1S/C35H32Cl2N4O4/c1-22-30(19-41-21-40-32(36)33(41)37)44-35(45-31(22)25-12-10-23(20-42)11-13-25)28-8-3-7-27(16-28)26-6-2-5-24(15-26)17-39-34(43)29-9-4-14-38-18-29/h2-16,18,21-22,30-31,35,42H,17,19-20H2,1H3,(H,39,43)/t22-,30+,31+,35+/m1/s1. The van der Waals surface area contributed by atoms with E-state index in [1.807, 2.05) is 60.7 Å². The number of aliphatic hydroxyl groups is 1. The molecule has 0 spiro atoms. The Morgan fingerprint density at radius 2 is 1.71 bits per heavy atom. The van der Waals surface area contributed by atoms with Crippen LogP contribution in [0.25, 0.3) is 11.1 Å². The van der Waals surface area contributed by atoms with Crippen LogP contribution < -0.4 is 5.32 Å². The smallest absolute Gasteiger partial charge is 0.253 e. The summed E-state index contributed by atoms with van der Waals surface area (Å²) in [7, 11) is 0. The Morgan fingerprint density at radius 3 is 2.42 bits per heavy atom. The number of ether oxygens (including phenoxy) is 2. The fourth-order valence-electron chi connectivity index (χ4n) is 5.50. The normalized spacial score (nSPS) is 19.7. The van der Waals surface area contributed by atoms with Gasteiger partial charge in [-0.25, -0.2) is 4.98 Å². The summed E-state index contributed by atoms with van der Waals surface area (Å²) >= 11 is 12.6. The number of hydrogen-bond acceptors (Lipinski definition) is 6. The first kappa shape index (κ1) is 31.0. The third kappa shape index (κ3) is 7.11. The fraction of sp³-hybridized carbons (Fsp3) is 0.229. The average molecular weight is 644 g/mol. The predicted octanol–water partition coefficient (Wildman–Crippen LogP) is 7.17. The number of carbonyl (C=O) groups excluding carboxylic acids is 1. The van der Waals surface area contributed by atoms with Gasteiger partial charge in [-0.1, -0.05) is 90.8 Å². The number of rotatable bonds is 9. The van der Waals surface area contributed by atoms with E-state index in [9.17, 15) is 9.90 Å². The lowest BCUT2D eigenvalue weighted by Crippen LogP contribution is -2.39. The summed E-state index contributed by atoms with van der Waals surface area (Å²) in [5, 5.41) is 13.1. The van der Waals surface area contributed by atoms with Crippen LogP contribution in [-0.2, 0) is 29.2 Å². The number of hydrogen-bond donors (Lipinski definition) is 2. The van der Waals surface area contributed by atoms with Crippen molar-refractivity contribution in [1.29, 1.82) is 0 Å². The first-order valence-corrected chi connectivity index (χ1v) is 15.4. The zero-order valence-electron chi connectivity index (χ0n) is 24.5. The number of carbonyl (C=O) groups is 1. The molecule has 1 aliphatic rings. The minimum atomic E-state index is -0.659. The fourth-order valence-corrected chi connectivity index (χ4v) is 5.81. The lowest BCUT2D eigenvalue weighted by Gasteiger charge is -2.41. The van der Waals surface area contributed by atoms with E-state index < -0.39 is 6.29 Å². The van der Waals surface area contributed by atoms with Gasteiger partial charge in [-0.2, -0.15) is 0 Å². The van der Waals surface area contributed by atoms with Crippen LogP contribution in [0.2, 0.25) is 10.3 Å². The van der Waals surface area contributed by atoms with Crippen LogP contribution in [0.1, 0.15) is 51.9 Å². The average Bonchev–Trinajstić information content (AvgIpc) is 3.41. The minimum Gasteiger partial charge on any atom is -0.392 e. The van der Waals surface area contributed by atoms with E-state index in [1.165, 1.54) is 0 Å². The van der Waals surface area contributed by atoms with Crippen molar-refractivity contribution in [3.8, 4) is 11.1 Å². The van der Waals surface area contributed by atoms with E-state index in [0.29, 0.717) is 23.8 Å². The Bertz CT molecular complexity index is 1760. The Morgan fingerprint density at radius 1 is 0.933 bits per heavy atom. The van der Waals surface area contributed by atoms with Gasteiger partial charge in [0.1, 0.15) is 5.15 Å². The van der Waals surface area contributed by atoms with Crippen LogP contribution >= 0.6 is 23.2 Å². The second-order valence-corrected chi connectivity index (χ2v) is 11.8. The molecule has 1 saturated heterocycles. The summed E-state index contributed by atoms with van der Waals surface area (Å²) < 4.78 is 15.0. The Balaban J connectivity index is 1.25. The second kappa shape index (κ2) is 13.9. The van der Waals surface area contributed by atoms with Crippen LogP contribution in [-0.4, -0.2) is 31.7 Å². The maximum atomic E-state index is 12.5. The van der Waals surface area contributed by atoms with Crippen molar-refractivity contribution in [2.45, 2.75) is 45.1 Å². The zero-order valence-corrected chi connectivity index (χ0v) is 26.0. The molecule has 0 aliphatic carbocycles. The van der Waals surface area contributed by atoms with Crippen LogP contribution in [0.4, 0.5) is 0 Å². The summed E-state index contributed by atoms with van der Waals surface area (Å²) in [5.74, 6) is -0.217. The van der Waals surface area contributed by atoms with E-state index in [-0.39, 0.29) is 35.8 Å². The molecule has 10 heteroatoms. The van der Waals surface area contributed by atoms with E-state index in [2.05, 4.69) is 34.3 Å². The predicted molar refractivity (Wildman–Crippen MR) is 173 cm³/mol.